The number of carboxylic acids is 2. The Hall–Kier alpha value is -3.48. The van der Waals surface area contributed by atoms with Gasteiger partial charge in [0.15, 0.2) is 0 Å². The first-order valence-electron chi connectivity index (χ1n) is 6.33. The maximum atomic E-state index is 12.0. The van der Waals surface area contributed by atoms with Crippen LogP contribution in [0.15, 0.2) is 48.5 Å². The first-order chi connectivity index (χ1) is 10.9. The first kappa shape index (κ1) is 15.9. The van der Waals surface area contributed by atoms with Gasteiger partial charge in [0.2, 0.25) is 0 Å². The van der Waals surface area contributed by atoms with E-state index in [0.29, 0.717) is 0 Å². The number of aromatic carboxylic acids is 2. The van der Waals surface area contributed by atoms with Crippen molar-refractivity contribution in [1.29, 1.82) is 0 Å². The molecule has 0 heterocycles. The maximum Gasteiger partial charge on any atom is 0.346 e. The van der Waals surface area contributed by atoms with Crippen molar-refractivity contribution >= 4 is 23.9 Å². The van der Waals surface area contributed by atoms with Gasteiger partial charge in [-0.2, -0.15) is 0 Å². The van der Waals surface area contributed by atoms with E-state index in [0.717, 1.165) is 0 Å². The molecule has 0 aliphatic heterocycles. The Labute approximate surface area is 129 Å². The van der Waals surface area contributed by atoms with Crippen LogP contribution in [0.2, 0.25) is 0 Å². The molecule has 0 spiro atoms. The van der Waals surface area contributed by atoms with Gasteiger partial charge in [-0.3, -0.25) is 0 Å². The van der Waals surface area contributed by atoms with Gasteiger partial charge in [0.25, 0.3) is 0 Å². The minimum atomic E-state index is -1.35. The third-order valence-corrected chi connectivity index (χ3v) is 2.94. The van der Waals surface area contributed by atoms with Crippen molar-refractivity contribution in [3.05, 3.63) is 70.8 Å². The molecule has 0 radical (unpaired) electrons. The number of rotatable bonds is 4. The summed E-state index contributed by atoms with van der Waals surface area (Å²) < 4.78 is 4.60. The average Bonchev–Trinajstić information content (AvgIpc) is 2.54. The number of carbonyl (C=O) groups is 4. The minimum Gasteiger partial charge on any atom is -0.478 e. The first-order valence-corrected chi connectivity index (χ1v) is 6.33. The summed E-state index contributed by atoms with van der Waals surface area (Å²) in [6.07, 6.45) is 0. The van der Waals surface area contributed by atoms with Crippen LogP contribution in [0.4, 0.5) is 0 Å². The molecule has 0 saturated carbocycles. The van der Waals surface area contributed by atoms with E-state index in [1.54, 1.807) is 0 Å². The summed E-state index contributed by atoms with van der Waals surface area (Å²) in [5.41, 5.74) is -1.25. The number of hydrogen-bond donors (Lipinski definition) is 2. The van der Waals surface area contributed by atoms with Crippen LogP contribution in [0.1, 0.15) is 41.4 Å². The van der Waals surface area contributed by atoms with Gasteiger partial charge in [-0.1, -0.05) is 24.3 Å². The number of esters is 2. The second kappa shape index (κ2) is 6.52. The van der Waals surface area contributed by atoms with E-state index in [4.69, 9.17) is 10.2 Å². The van der Waals surface area contributed by atoms with Gasteiger partial charge in [-0.25, -0.2) is 19.2 Å². The zero-order valence-corrected chi connectivity index (χ0v) is 11.6. The molecular weight excluding hydrogens is 304 g/mol. The third kappa shape index (κ3) is 3.41. The fourth-order valence-electron chi connectivity index (χ4n) is 1.89. The molecule has 0 saturated heterocycles. The van der Waals surface area contributed by atoms with Crippen molar-refractivity contribution in [2.75, 3.05) is 0 Å². The van der Waals surface area contributed by atoms with Gasteiger partial charge in [0.05, 0.1) is 22.3 Å². The summed E-state index contributed by atoms with van der Waals surface area (Å²) >= 11 is 0. The number of carboxylic acid groups (broad SMARTS) is 2. The third-order valence-electron chi connectivity index (χ3n) is 2.94. The van der Waals surface area contributed by atoms with Crippen LogP contribution in [0.25, 0.3) is 0 Å². The Morgan fingerprint density at radius 3 is 1.22 bits per heavy atom. The molecule has 0 fully saturated rings. The van der Waals surface area contributed by atoms with Gasteiger partial charge < -0.3 is 14.9 Å². The molecule has 7 heteroatoms. The smallest absolute Gasteiger partial charge is 0.346 e. The van der Waals surface area contributed by atoms with E-state index in [1.165, 1.54) is 48.5 Å². The minimum absolute atomic E-state index is 0.304. The van der Waals surface area contributed by atoms with Crippen molar-refractivity contribution < 1.29 is 34.1 Å². The van der Waals surface area contributed by atoms with Crippen LogP contribution < -0.4 is 0 Å². The standard InChI is InChI=1S/C16H10O7/c17-13(18)9-5-1-3-7-11(9)15(21)23-16(22)12-8-4-2-6-10(12)14(19)20/h1-8H,(H,17,18)(H,19,20). The normalized spacial score (nSPS) is 9.91. The Morgan fingerprint density at radius 1 is 0.609 bits per heavy atom. The predicted molar refractivity (Wildman–Crippen MR) is 76.5 cm³/mol. The monoisotopic (exact) mass is 314 g/mol. The van der Waals surface area contributed by atoms with Crippen LogP contribution >= 0.6 is 0 Å². The number of ether oxygens (including phenoxy) is 1. The number of hydrogen-bond acceptors (Lipinski definition) is 5. The lowest BCUT2D eigenvalue weighted by molar-refractivity contribution is 0.0386. The van der Waals surface area contributed by atoms with Crippen LogP contribution in [-0.2, 0) is 4.74 Å². The van der Waals surface area contributed by atoms with Gasteiger partial charge in [-0.05, 0) is 24.3 Å². The highest BCUT2D eigenvalue weighted by Crippen LogP contribution is 2.14. The van der Waals surface area contributed by atoms with Gasteiger partial charge in [0, 0.05) is 0 Å². The topological polar surface area (TPSA) is 118 Å². The summed E-state index contributed by atoms with van der Waals surface area (Å²) in [6.45, 7) is 0. The van der Waals surface area contributed by atoms with Crippen molar-refractivity contribution in [2.24, 2.45) is 0 Å². The molecule has 116 valence electrons. The molecule has 2 N–H and O–H groups in total. The van der Waals surface area contributed by atoms with Gasteiger partial charge in [0.1, 0.15) is 0 Å². The summed E-state index contributed by atoms with van der Waals surface area (Å²) in [5.74, 6) is -5.05. The molecule has 0 atom stereocenters. The molecule has 2 rings (SSSR count). The van der Waals surface area contributed by atoms with E-state index in [9.17, 15) is 19.2 Å². The Balaban J connectivity index is 2.30. The van der Waals surface area contributed by atoms with Crippen LogP contribution in [-0.4, -0.2) is 34.1 Å². The molecule has 2 aromatic carbocycles. The van der Waals surface area contributed by atoms with Gasteiger partial charge >= 0.3 is 23.9 Å². The lowest BCUT2D eigenvalue weighted by atomic mass is 10.1. The molecule has 0 amide bonds. The summed E-state index contributed by atoms with van der Waals surface area (Å²) in [5, 5.41) is 18.0. The Kier molecular flexibility index (Phi) is 4.51. The fourth-order valence-corrected chi connectivity index (χ4v) is 1.89. The van der Waals surface area contributed by atoms with Crippen LogP contribution in [0.3, 0.4) is 0 Å². The van der Waals surface area contributed by atoms with Crippen molar-refractivity contribution in [3.63, 3.8) is 0 Å². The quantitative estimate of drug-likeness (QED) is 0.655. The maximum absolute atomic E-state index is 12.0. The molecule has 0 aromatic heterocycles. The number of benzene rings is 2. The van der Waals surface area contributed by atoms with Crippen LogP contribution in [0.5, 0.6) is 0 Å². The van der Waals surface area contributed by atoms with Crippen molar-refractivity contribution in [2.45, 2.75) is 0 Å². The second-order valence-corrected chi connectivity index (χ2v) is 4.38. The highest BCUT2D eigenvalue weighted by Gasteiger charge is 2.23. The largest absolute Gasteiger partial charge is 0.478 e. The molecule has 0 unspecified atom stereocenters. The second-order valence-electron chi connectivity index (χ2n) is 4.38. The SMILES string of the molecule is O=C(O)c1ccccc1C(=O)OC(=O)c1ccccc1C(=O)O. The summed E-state index contributed by atoms with van der Waals surface area (Å²) in [6, 6.07) is 10.4. The van der Waals surface area contributed by atoms with E-state index in [-0.39, 0.29) is 22.3 Å². The lowest BCUT2D eigenvalue weighted by Crippen LogP contribution is -2.18. The summed E-state index contributed by atoms with van der Waals surface area (Å²) in [4.78, 5) is 46.1. The molecule has 0 bridgehead atoms. The lowest BCUT2D eigenvalue weighted by Gasteiger charge is -2.07. The molecule has 0 aliphatic carbocycles. The summed E-state index contributed by atoms with van der Waals surface area (Å²) in [7, 11) is 0. The highest BCUT2D eigenvalue weighted by molar-refractivity contribution is 6.10. The zero-order chi connectivity index (χ0) is 17.0. The fraction of sp³-hybridized carbons (Fsp3) is 0. The molecule has 7 nitrogen and oxygen atoms in total. The zero-order valence-electron chi connectivity index (χ0n) is 11.6. The average molecular weight is 314 g/mol. The number of carbonyl (C=O) groups excluding carboxylic acids is 2. The van der Waals surface area contributed by atoms with E-state index in [1.807, 2.05) is 0 Å². The van der Waals surface area contributed by atoms with Crippen molar-refractivity contribution in [1.82, 2.24) is 0 Å². The molecular formula is C16H10O7. The van der Waals surface area contributed by atoms with E-state index in [2.05, 4.69) is 4.74 Å². The van der Waals surface area contributed by atoms with Gasteiger partial charge in [-0.15, -0.1) is 0 Å². The Morgan fingerprint density at radius 2 is 0.913 bits per heavy atom. The molecule has 0 aliphatic rings. The van der Waals surface area contributed by atoms with Crippen LogP contribution in [0, 0.1) is 0 Å². The highest BCUT2D eigenvalue weighted by atomic mass is 16.6. The Bertz CT molecular complexity index is 740. The van der Waals surface area contributed by atoms with Crippen molar-refractivity contribution in [3.8, 4) is 0 Å². The molecule has 23 heavy (non-hydrogen) atoms. The predicted octanol–water partition coefficient (Wildman–Crippen LogP) is 2.08. The van der Waals surface area contributed by atoms with E-state index >= 15 is 0 Å². The molecule has 2 aromatic rings. The van der Waals surface area contributed by atoms with E-state index < -0.39 is 23.9 Å².